The molecule has 1 aliphatic carbocycles. The van der Waals surface area contributed by atoms with E-state index in [0.717, 1.165) is 14.5 Å². The van der Waals surface area contributed by atoms with Crippen LogP contribution in [0.5, 0.6) is 5.75 Å². The number of aliphatic hydroxyl groups is 1. The Morgan fingerprint density at radius 2 is 2.03 bits per heavy atom. The van der Waals surface area contributed by atoms with E-state index in [9.17, 15) is 19.9 Å². The zero-order valence-electron chi connectivity index (χ0n) is 19.0. The Kier molecular flexibility index (Phi) is 10.4. The van der Waals surface area contributed by atoms with Gasteiger partial charge < -0.3 is 24.7 Å². The zero-order valence-corrected chi connectivity index (χ0v) is 25.3. The predicted octanol–water partition coefficient (Wildman–Crippen LogP) is 3.91. The van der Waals surface area contributed by atoms with Gasteiger partial charge in [-0.15, -0.1) is 0 Å². The van der Waals surface area contributed by atoms with Gasteiger partial charge in [-0.1, -0.05) is 5.16 Å². The number of carbonyl (C=O) groups is 2. The summed E-state index contributed by atoms with van der Waals surface area (Å²) in [6.45, 7) is 0.857. The Hall–Kier alpha value is -1.45. The number of nitrogens with one attached hydrogen (secondary N) is 1. The van der Waals surface area contributed by atoms with Gasteiger partial charge in [0.2, 0.25) is 6.41 Å². The summed E-state index contributed by atoms with van der Waals surface area (Å²) < 4.78 is 13.5. The number of carbonyl (C=O) groups excluding carboxylic acids is 2. The van der Waals surface area contributed by atoms with Gasteiger partial charge in [0.15, 0.2) is 5.60 Å². The third-order valence-corrected chi connectivity index (χ3v) is 7.97. The molecule has 0 bridgehead atoms. The van der Waals surface area contributed by atoms with Gasteiger partial charge in [0.25, 0.3) is 5.91 Å². The van der Waals surface area contributed by atoms with Crippen molar-refractivity contribution in [3.05, 3.63) is 47.4 Å². The van der Waals surface area contributed by atoms with Crippen molar-refractivity contribution in [1.29, 1.82) is 0 Å². The first-order chi connectivity index (χ1) is 17.1. The number of nitrogens with zero attached hydrogens (tertiary/aromatic N) is 2. The normalized spacial score (nSPS) is 21.0. The van der Waals surface area contributed by atoms with Crippen molar-refractivity contribution in [2.75, 3.05) is 26.8 Å². The summed E-state index contributed by atoms with van der Waals surface area (Å²) in [5.74, 6) is 0.660. The quantitative estimate of drug-likeness (QED) is 0.135. The number of amides is 2. The van der Waals surface area contributed by atoms with Crippen LogP contribution in [-0.4, -0.2) is 71.9 Å². The molecule has 0 radical (unpaired) electrons. The highest BCUT2D eigenvalue weighted by Gasteiger charge is 2.50. The second kappa shape index (κ2) is 12.9. The molecule has 1 spiro atoms. The summed E-state index contributed by atoms with van der Waals surface area (Å²) in [5.41, 5.74) is -0.134. The summed E-state index contributed by atoms with van der Waals surface area (Å²) >= 11 is 13.7. The maximum Gasteiger partial charge on any atom is 0.269 e. The molecule has 0 saturated carbocycles. The molecule has 2 amide bonds. The zero-order chi connectivity index (χ0) is 26.5. The SMILES string of the molecule is COC1=C(Br)[C@H](O)[C@@]2(C=C1Br)CC(C(=O)NCCCOc1c(Br)cc(CCN(O)C=O)cc1Br)=NO2. The molecule has 2 aliphatic rings. The molecule has 1 aromatic carbocycles. The van der Waals surface area contributed by atoms with Crippen LogP contribution in [0.3, 0.4) is 0 Å². The Balaban J connectivity index is 1.46. The second-order valence-corrected chi connectivity index (χ2v) is 11.3. The number of allylic oxidation sites excluding steroid dienone is 1. The molecule has 0 saturated heterocycles. The standard InChI is InChI=1S/C22H23Br4N3O7/c1-34-19-15(25)9-22(20(31)17(19)26)10-16(28-36-22)21(32)27-4-2-6-35-18-13(23)7-12(8-14(18)24)3-5-29(33)11-30/h7-9,11,20,31,33H,2-6,10H2,1H3,(H,27,32)/t20-,22+/m0/s1. The Morgan fingerprint density at radius 3 is 2.67 bits per heavy atom. The van der Waals surface area contributed by atoms with E-state index in [-0.39, 0.29) is 24.6 Å². The Bertz CT molecular complexity index is 1090. The molecule has 1 aromatic rings. The van der Waals surface area contributed by atoms with Crippen molar-refractivity contribution in [2.24, 2.45) is 5.16 Å². The van der Waals surface area contributed by atoms with E-state index in [4.69, 9.17) is 14.3 Å². The molecular weight excluding hydrogens is 738 g/mol. The van der Waals surface area contributed by atoms with Gasteiger partial charge in [0.1, 0.15) is 23.3 Å². The molecule has 14 heteroatoms. The molecule has 1 heterocycles. The summed E-state index contributed by atoms with van der Waals surface area (Å²) in [4.78, 5) is 28.6. The maximum absolute atomic E-state index is 12.6. The number of methoxy groups -OCH3 is 1. The first-order valence-electron chi connectivity index (χ1n) is 10.7. The van der Waals surface area contributed by atoms with Gasteiger partial charge in [0.05, 0.1) is 38.2 Å². The lowest BCUT2D eigenvalue weighted by Crippen LogP contribution is -2.45. The van der Waals surface area contributed by atoms with Crippen LogP contribution in [0.15, 0.2) is 47.0 Å². The molecule has 2 atom stereocenters. The molecule has 0 unspecified atom stereocenters. The van der Waals surface area contributed by atoms with Gasteiger partial charge in [-0.05, 0) is 100 Å². The lowest BCUT2D eigenvalue weighted by Gasteiger charge is -2.33. The number of aliphatic hydroxyl groups excluding tert-OH is 1. The molecule has 0 aromatic heterocycles. The molecule has 196 valence electrons. The lowest BCUT2D eigenvalue weighted by molar-refractivity contribution is -0.149. The number of hydrogen-bond acceptors (Lipinski definition) is 8. The number of hydroxylamine groups is 2. The van der Waals surface area contributed by atoms with E-state index >= 15 is 0 Å². The Labute approximate surface area is 241 Å². The number of halogens is 4. The van der Waals surface area contributed by atoms with Crippen LogP contribution in [0.25, 0.3) is 0 Å². The van der Waals surface area contributed by atoms with Crippen LogP contribution >= 0.6 is 63.7 Å². The van der Waals surface area contributed by atoms with Crippen LogP contribution in [0, 0.1) is 0 Å². The molecule has 36 heavy (non-hydrogen) atoms. The van der Waals surface area contributed by atoms with Crippen LogP contribution in [0.4, 0.5) is 0 Å². The van der Waals surface area contributed by atoms with Crippen molar-refractivity contribution >= 4 is 81.7 Å². The van der Waals surface area contributed by atoms with Gasteiger partial charge in [-0.2, -0.15) is 0 Å². The Morgan fingerprint density at radius 1 is 1.33 bits per heavy atom. The van der Waals surface area contributed by atoms with Crippen molar-refractivity contribution in [2.45, 2.75) is 31.0 Å². The fourth-order valence-electron chi connectivity index (χ4n) is 3.56. The van der Waals surface area contributed by atoms with Gasteiger partial charge in [-0.25, -0.2) is 5.06 Å². The highest BCUT2D eigenvalue weighted by atomic mass is 79.9. The van der Waals surface area contributed by atoms with E-state index < -0.39 is 11.7 Å². The van der Waals surface area contributed by atoms with Crippen LogP contribution < -0.4 is 10.1 Å². The third kappa shape index (κ3) is 6.70. The van der Waals surface area contributed by atoms with Crippen LogP contribution in [-0.2, 0) is 25.6 Å². The van der Waals surface area contributed by atoms with E-state index in [2.05, 4.69) is 74.2 Å². The molecule has 3 N–H and O–H groups in total. The highest BCUT2D eigenvalue weighted by Crippen LogP contribution is 2.44. The molecule has 10 nitrogen and oxygen atoms in total. The van der Waals surface area contributed by atoms with Crippen LogP contribution in [0.1, 0.15) is 18.4 Å². The van der Waals surface area contributed by atoms with E-state index in [1.807, 2.05) is 12.1 Å². The van der Waals surface area contributed by atoms with E-state index in [0.29, 0.717) is 57.9 Å². The van der Waals surface area contributed by atoms with Crippen molar-refractivity contribution in [3.8, 4) is 5.75 Å². The summed E-state index contributed by atoms with van der Waals surface area (Å²) in [6.07, 6.45) is 2.00. The first-order valence-corrected chi connectivity index (χ1v) is 13.8. The lowest BCUT2D eigenvalue weighted by atomic mass is 9.87. The van der Waals surface area contributed by atoms with E-state index in [1.54, 1.807) is 6.08 Å². The average molecular weight is 761 g/mol. The highest BCUT2D eigenvalue weighted by molar-refractivity contribution is 9.12. The van der Waals surface area contributed by atoms with E-state index in [1.165, 1.54) is 7.11 Å². The second-order valence-electron chi connectivity index (χ2n) is 7.90. The van der Waals surface area contributed by atoms with Crippen molar-refractivity contribution in [1.82, 2.24) is 10.4 Å². The number of ether oxygens (including phenoxy) is 2. The minimum absolute atomic E-state index is 0.0881. The number of oxime groups is 1. The summed E-state index contributed by atoms with van der Waals surface area (Å²) in [7, 11) is 1.49. The molecular formula is C22H23Br4N3O7. The van der Waals surface area contributed by atoms with Crippen molar-refractivity contribution < 1.29 is 34.2 Å². The van der Waals surface area contributed by atoms with Gasteiger partial charge >= 0.3 is 0 Å². The monoisotopic (exact) mass is 757 g/mol. The number of benzene rings is 1. The summed E-state index contributed by atoms with van der Waals surface area (Å²) in [5, 5.41) is 27.2. The minimum Gasteiger partial charge on any atom is -0.495 e. The number of rotatable bonds is 11. The topological polar surface area (TPSA) is 130 Å². The maximum atomic E-state index is 12.6. The fraction of sp³-hybridized carbons (Fsp3) is 0.409. The molecule has 0 fully saturated rings. The predicted molar refractivity (Wildman–Crippen MR) is 145 cm³/mol. The van der Waals surface area contributed by atoms with Crippen molar-refractivity contribution in [3.63, 3.8) is 0 Å². The van der Waals surface area contributed by atoms with Crippen LogP contribution in [0.2, 0.25) is 0 Å². The largest absolute Gasteiger partial charge is 0.495 e. The van der Waals surface area contributed by atoms with Gasteiger partial charge in [0, 0.05) is 13.0 Å². The average Bonchev–Trinajstić information content (AvgIpc) is 3.27. The first kappa shape index (κ1) is 29.1. The molecule has 3 rings (SSSR count). The molecule has 1 aliphatic heterocycles. The minimum atomic E-state index is -1.21. The number of hydrogen-bond donors (Lipinski definition) is 3. The summed E-state index contributed by atoms with van der Waals surface area (Å²) in [6, 6.07) is 3.70. The van der Waals surface area contributed by atoms with Gasteiger partial charge in [-0.3, -0.25) is 14.8 Å². The third-order valence-electron chi connectivity index (χ3n) is 5.41. The fourth-order valence-corrected chi connectivity index (χ4v) is 6.86. The smallest absolute Gasteiger partial charge is 0.269 e.